The Morgan fingerprint density at radius 3 is 1.50 bits per heavy atom. The number of rotatable bonds is 12. The zero-order valence-electron chi connectivity index (χ0n) is 35.5. The lowest BCUT2D eigenvalue weighted by molar-refractivity contribution is 0.373. The van der Waals surface area contributed by atoms with Gasteiger partial charge in [-0.1, -0.05) is 22.4 Å². The van der Waals surface area contributed by atoms with Gasteiger partial charge in [-0.25, -0.2) is 16.8 Å². The second-order valence-electron chi connectivity index (χ2n) is 13.8. The number of aromatic nitrogens is 6. The Labute approximate surface area is 376 Å². The van der Waals surface area contributed by atoms with Crippen molar-refractivity contribution in [3.05, 3.63) is 101 Å². The molecule has 0 aliphatic heterocycles. The van der Waals surface area contributed by atoms with Crippen LogP contribution in [0.4, 0.5) is 11.6 Å². The maximum atomic E-state index is 13.2. The van der Waals surface area contributed by atoms with Gasteiger partial charge in [-0.2, -0.15) is 10.2 Å². The quantitative estimate of drug-likeness (QED) is 0.115. The number of ether oxygens (including phenoxy) is 4. The Morgan fingerprint density at radius 2 is 1.09 bits per heavy atom. The van der Waals surface area contributed by atoms with Gasteiger partial charge >= 0.3 is 7.12 Å². The highest BCUT2D eigenvalue weighted by molar-refractivity contribution is 9.10. The first kappa shape index (κ1) is 46.9. The number of hydrogen-bond donors (Lipinski definition) is 4. The number of nitrogens with one attached hydrogen (secondary N) is 2. The molecule has 8 aromatic rings. The summed E-state index contributed by atoms with van der Waals surface area (Å²) < 4.78 is 92.6. The van der Waals surface area contributed by atoms with Gasteiger partial charge < -0.3 is 38.0 Å². The smallest absolute Gasteiger partial charge is 0.491 e. The molecule has 0 saturated carbocycles. The summed E-state index contributed by atoms with van der Waals surface area (Å²) in [5.74, 6) is 0.803. The SMILES string of the molecule is COc1cccc(OC)c1S(=O)(=O)Nc1noc2c(-c3cnn(C)c3)cc(C)cc12.COc1cccc(OC)c1S(=O)(=O)Nc1noc2c(Br)cc(C)cc12.Cn1cc(B(O)O)cn1. The van der Waals surface area contributed by atoms with Crippen LogP contribution in [0, 0.1) is 13.8 Å². The van der Waals surface area contributed by atoms with E-state index in [0.29, 0.717) is 31.9 Å². The second kappa shape index (κ2) is 19.4. The first-order chi connectivity index (χ1) is 30.4. The fourth-order valence-electron chi connectivity index (χ4n) is 6.34. The van der Waals surface area contributed by atoms with E-state index in [9.17, 15) is 16.8 Å². The van der Waals surface area contributed by atoms with E-state index >= 15 is 0 Å². The molecule has 0 atom stereocenters. The molecular weight excluding hydrogens is 939 g/mol. The van der Waals surface area contributed by atoms with Gasteiger partial charge in [0.15, 0.2) is 32.6 Å². The van der Waals surface area contributed by atoms with Crippen LogP contribution in [0.15, 0.2) is 109 Å². The average molecular weight is 982 g/mol. The summed E-state index contributed by atoms with van der Waals surface area (Å²) in [6, 6.07) is 16.8. The minimum Gasteiger partial charge on any atom is -0.495 e. The van der Waals surface area contributed by atoms with Crippen LogP contribution < -0.4 is 33.9 Å². The Kier molecular flexibility index (Phi) is 14.2. The molecule has 4 N–H and O–H groups in total. The molecule has 64 heavy (non-hydrogen) atoms. The minimum absolute atomic E-state index is 0.0757. The van der Waals surface area contributed by atoms with E-state index in [-0.39, 0.29) is 44.4 Å². The molecule has 4 heterocycles. The van der Waals surface area contributed by atoms with Gasteiger partial charge in [0.25, 0.3) is 20.0 Å². The number of halogens is 1. The minimum atomic E-state index is -4.09. The van der Waals surface area contributed by atoms with Crippen molar-refractivity contribution < 1.29 is 54.9 Å². The Hall–Kier alpha value is -6.60. The maximum Gasteiger partial charge on any atom is 0.491 e. The van der Waals surface area contributed by atoms with Crippen molar-refractivity contribution >= 4 is 82.1 Å². The van der Waals surface area contributed by atoms with Crippen molar-refractivity contribution in [1.29, 1.82) is 0 Å². The fourth-order valence-corrected chi connectivity index (χ4v) is 9.66. The lowest BCUT2D eigenvalue weighted by atomic mass is 9.83. The van der Waals surface area contributed by atoms with Gasteiger partial charge in [-0.05, 0) is 89.4 Å². The van der Waals surface area contributed by atoms with Gasteiger partial charge in [0, 0.05) is 49.3 Å². The molecule has 8 rings (SSSR count). The third-order valence-electron chi connectivity index (χ3n) is 9.19. The fraction of sp³-hybridized carbons (Fsp3) is 0.200. The molecule has 0 bridgehead atoms. The largest absolute Gasteiger partial charge is 0.495 e. The standard InChI is InChI=1S/C20H20N4O5S.C16H15BrN2O5S.C4H7BN2O2/c1-12-8-14(13-10-21-24(2)11-13)18-15(9-12)20(22-29-18)23-30(25,26)19-16(27-3)6-5-7-17(19)28-4;1-9-7-10-14(11(17)8-9)24-18-16(10)19-25(20,21)15-12(22-2)5-4-6-13(15)23-3;1-7-3-4(2-6-7)5(8)9/h5-11H,1-4H3,(H,22,23);4-8H,1-3H3,(H,18,19);2-3,8-9H,1H3. The van der Waals surface area contributed by atoms with E-state index in [1.54, 1.807) is 66.6 Å². The summed E-state index contributed by atoms with van der Waals surface area (Å²) in [5.41, 5.74) is 4.78. The van der Waals surface area contributed by atoms with E-state index in [1.807, 2.05) is 45.3 Å². The van der Waals surface area contributed by atoms with Gasteiger partial charge in [0.2, 0.25) is 0 Å². The average Bonchev–Trinajstić information content (AvgIpc) is 4.08. The Balaban J connectivity index is 0.000000180. The van der Waals surface area contributed by atoms with Crippen molar-refractivity contribution in [2.75, 3.05) is 37.9 Å². The molecule has 4 aromatic heterocycles. The number of sulfonamides is 2. The van der Waals surface area contributed by atoms with E-state index < -0.39 is 27.2 Å². The summed E-state index contributed by atoms with van der Waals surface area (Å²) in [5, 5.41) is 33.9. The van der Waals surface area contributed by atoms with Gasteiger partial charge in [0.05, 0.1) is 49.9 Å². The lowest BCUT2D eigenvalue weighted by Crippen LogP contribution is -2.28. The van der Waals surface area contributed by atoms with Crippen molar-refractivity contribution in [1.82, 2.24) is 29.9 Å². The molecular formula is C40H42BBrN8O12S2. The van der Waals surface area contributed by atoms with Crippen LogP contribution >= 0.6 is 15.9 Å². The van der Waals surface area contributed by atoms with E-state index in [2.05, 4.69) is 45.9 Å². The molecule has 0 aliphatic carbocycles. The predicted octanol–water partition coefficient (Wildman–Crippen LogP) is 5.17. The van der Waals surface area contributed by atoms with Crippen LogP contribution in [0.1, 0.15) is 11.1 Å². The first-order valence-corrected chi connectivity index (χ1v) is 22.4. The number of fused-ring (bicyclic) bond motifs is 2. The van der Waals surface area contributed by atoms with Crippen LogP contribution in [0.3, 0.4) is 0 Å². The number of benzene rings is 4. The van der Waals surface area contributed by atoms with E-state index in [0.717, 1.165) is 22.3 Å². The highest BCUT2D eigenvalue weighted by Gasteiger charge is 2.29. The zero-order valence-corrected chi connectivity index (χ0v) is 38.7. The Morgan fingerprint density at radius 1 is 0.656 bits per heavy atom. The molecule has 0 spiro atoms. The van der Waals surface area contributed by atoms with Crippen LogP contribution in [-0.4, -0.2) is 92.3 Å². The maximum absolute atomic E-state index is 13.2. The molecule has 20 nitrogen and oxygen atoms in total. The Bertz CT molecular complexity index is 3130. The normalized spacial score (nSPS) is 11.3. The van der Waals surface area contributed by atoms with Crippen molar-refractivity contribution in [2.24, 2.45) is 14.1 Å². The number of hydrogen-bond acceptors (Lipinski definition) is 16. The number of aryl methyl sites for hydroxylation is 4. The summed E-state index contributed by atoms with van der Waals surface area (Å²) in [6.07, 6.45) is 6.51. The predicted molar refractivity (Wildman–Crippen MR) is 241 cm³/mol. The molecule has 0 amide bonds. The molecule has 4 aromatic carbocycles. The zero-order chi connectivity index (χ0) is 46.5. The lowest BCUT2D eigenvalue weighted by Gasteiger charge is -2.13. The van der Waals surface area contributed by atoms with Gasteiger partial charge in [-0.15, -0.1) is 0 Å². The number of methoxy groups -OCH3 is 4. The molecule has 0 fully saturated rings. The molecule has 0 unspecified atom stereocenters. The van der Waals surface area contributed by atoms with Crippen LogP contribution in [-0.2, 0) is 34.1 Å². The number of anilines is 2. The molecule has 0 saturated heterocycles. The van der Waals surface area contributed by atoms with Crippen molar-refractivity contribution in [3.63, 3.8) is 0 Å². The third-order valence-corrected chi connectivity index (χ3v) is 12.6. The molecule has 24 heteroatoms. The van der Waals surface area contributed by atoms with Crippen molar-refractivity contribution in [2.45, 2.75) is 23.6 Å². The van der Waals surface area contributed by atoms with Crippen molar-refractivity contribution in [3.8, 4) is 34.1 Å². The van der Waals surface area contributed by atoms with E-state index in [1.165, 1.54) is 39.3 Å². The van der Waals surface area contributed by atoms with E-state index in [4.69, 9.17) is 38.0 Å². The summed E-state index contributed by atoms with van der Waals surface area (Å²) in [4.78, 5) is -0.228. The van der Waals surface area contributed by atoms with Crippen LogP contribution in [0.2, 0.25) is 0 Å². The highest BCUT2D eigenvalue weighted by Crippen LogP contribution is 2.39. The molecule has 0 radical (unpaired) electrons. The summed E-state index contributed by atoms with van der Waals surface area (Å²) in [7, 11) is -0.422. The summed E-state index contributed by atoms with van der Waals surface area (Å²) in [6.45, 7) is 3.80. The number of nitrogens with zero attached hydrogens (tertiary/aromatic N) is 6. The monoisotopic (exact) mass is 980 g/mol. The highest BCUT2D eigenvalue weighted by atomic mass is 79.9. The van der Waals surface area contributed by atoms with Crippen LogP contribution in [0.25, 0.3) is 33.1 Å². The molecule has 336 valence electrons. The molecule has 0 aliphatic rings. The topological polar surface area (TPSA) is 257 Å². The van der Waals surface area contributed by atoms with Crippen LogP contribution in [0.5, 0.6) is 23.0 Å². The third kappa shape index (κ3) is 10.1. The summed E-state index contributed by atoms with van der Waals surface area (Å²) >= 11 is 3.38. The first-order valence-electron chi connectivity index (χ1n) is 18.7. The van der Waals surface area contributed by atoms with Gasteiger partial charge in [-0.3, -0.25) is 18.8 Å². The second-order valence-corrected chi connectivity index (χ2v) is 17.9. The van der Waals surface area contributed by atoms with Gasteiger partial charge in [0.1, 0.15) is 23.0 Å².